The quantitative estimate of drug-likeness (QED) is 0.634. The van der Waals surface area contributed by atoms with E-state index >= 15 is 0 Å². The van der Waals surface area contributed by atoms with Gasteiger partial charge in [0.15, 0.2) is 0 Å². The van der Waals surface area contributed by atoms with Gasteiger partial charge in [0.1, 0.15) is 11.5 Å². The summed E-state index contributed by atoms with van der Waals surface area (Å²) in [5.74, 6) is 2.07. The minimum Gasteiger partial charge on any atom is -0.457 e. The molecule has 0 saturated heterocycles. The van der Waals surface area contributed by atoms with E-state index in [1.165, 1.54) is 11.1 Å². The zero-order chi connectivity index (χ0) is 9.26. The van der Waals surface area contributed by atoms with Gasteiger partial charge in [0.05, 0.1) is 0 Å². The van der Waals surface area contributed by atoms with Crippen LogP contribution in [0.4, 0.5) is 0 Å². The SMILES string of the molecule is C/C=C\c1oc2c(c1C)CCC=C2. The van der Waals surface area contributed by atoms with Gasteiger partial charge in [0.25, 0.3) is 0 Å². The van der Waals surface area contributed by atoms with Gasteiger partial charge in [-0.2, -0.15) is 0 Å². The first-order valence-electron chi connectivity index (χ1n) is 4.74. The second-order valence-electron chi connectivity index (χ2n) is 3.38. The number of furan rings is 1. The monoisotopic (exact) mass is 174 g/mol. The maximum atomic E-state index is 5.70. The molecule has 13 heavy (non-hydrogen) atoms. The molecule has 1 heteroatoms. The molecule has 1 nitrogen and oxygen atoms in total. The molecule has 1 aromatic rings. The average Bonchev–Trinajstić information content (AvgIpc) is 2.46. The Morgan fingerprint density at radius 2 is 2.31 bits per heavy atom. The van der Waals surface area contributed by atoms with Gasteiger partial charge in [-0.3, -0.25) is 0 Å². The van der Waals surface area contributed by atoms with Crippen LogP contribution in [0.15, 0.2) is 16.6 Å². The molecule has 0 fully saturated rings. The second-order valence-corrected chi connectivity index (χ2v) is 3.38. The van der Waals surface area contributed by atoms with E-state index in [2.05, 4.69) is 19.1 Å². The Bertz CT molecular complexity index is 367. The largest absolute Gasteiger partial charge is 0.457 e. The highest BCUT2D eigenvalue weighted by atomic mass is 16.3. The summed E-state index contributed by atoms with van der Waals surface area (Å²) in [6, 6.07) is 0. The lowest BCUT2D eigenvalue weighted by molar-refractivity contribution is 0.540. The molecule has 0 radical (unpaired) electrons. The topological polar surface area (TPSA) is 13.1 Å². The molecule has 0 unspecified atom stereocenters. The van der Waals surface area contributed by atoms with Gasteiger partial charge in [-0.15, -0.1) is 0 Å². The van der Waals surface area contributed by atoms with Crippen LogP contribution in [0.2, 0.25) is 0 Å². The van der Waals surface area contributed by atoms with Crippen molar-refractivity contribution in [3.05, 3.63) is 34.8 Å². The van der Waals surface area contributed by atoms with E-state index in [0.29, 0.717) is 0 Å². The van der Waals surface area contributed by atoms with Gasteiger partial charge in [-0.1, -0.05) is 12.2 Å². The third-order valence-electron chi connectivity index (χ3n) is 2.49. The number of hydrogen-bond donors (Lipinski definition) is 0. The molecular weight excluding hydrogens is 160 g/mol. The Kier molecular flexibility index (Phi) is 2.09. The minimum atomic E-state index is 1.01. The van der Waals surface area contributed by atoms with Crippen LogP contribution in [0.1, 0.15) is 36.0 Å². The second kappa shape index (κ2) is 3.25. The average molecular weight is 174 g/mol. The van der Waals surface area contributed by atoms with Crippen LogP contribution in [0.25, 0.3) is 12.2 Å². The Balaban J connectivity index is 2.51. The van der Waals surface area contributed by atoms with E-state index < -0.39 is 0 Å². The fraction of sp³-hybridized carbons (Fsp3) is 0.333. The molecule has 0 aromatic carbocycles. The smallest absolute Gasteiger partial charge is 0.130 e. The lowest BCUT2D eigenvalue weighted by Gasteiger charge is -2.02. The fourth-order valence-electron chi connectivity index (χ4n) is 1.76. The predicted octanol–water partition coefficient (Wildman–Crippen LogP) is 3.58. The zero-order valence-corrected chi connectivity index (χ0v) is 8.13. The summed E-state index contributed by atoms with van der Waals surface area (Å²) < 4.78 is 5.70. The van der Waals surface area contributed by atoms with Crippen LogP contribution in [-0.4, -0.2) is 0 Å². The van der Waals surface area contributed by atoms with Gasteiger partial charge in [0, 0.05) is 5.56 Å². The number of hydrogen-bond acceptors (Lipinski definition) is 1. The lowest BCUT2D eigenvalue weighted by Crippen LogP contribution is -1.90. The zero-order valence-electron chi connectivity index (χ0n) is 8.13. The van der Waals surface area contributed by atoms with Crippen molar-refractivity contribution in [3.63, 3.8) is 0 Å². The molecule has 0 bridgehead atoms. The first-order valence-corrected chi connectivity index (χ1v) is 4.74. The normalized spacial score (nSPS) is 15.2. The van der Waals surface area contributed by atoms with Gasteiger partial charge in [-0.25, -0.2) is 0 Å². The van der Waals surface area contributed by atoms with Crippen LogP contribution >= 0.6 is 0 Å². The standard InChI is InChI=1S/C12H14O/c1-3-6-11-9(2)10-7-4-5-8-12(10)13-11/h3,5-6,8H,4,7H2,1-2H3/b6-3-. The fourth-order valence-corrected chi connectivity index (χ4v) is 1.76. The van der Waals surface area contributed by atoms with Crippen molar-refractivity contribution in [2.45, 2.75) is 26.7 Å². The molecule has 0 N–H and O–H groups in total. The summed E-state index contributed by atoms with van der Waals surface area (Å²) in [5.41, 5.74) is 2.69. The molecule has 2 rings (SSSR count). The summed E-state index contributed by atoms with van der Waals surface area (Å²) in [4.78, 5) is 0. The van der Waals surface area contributed by atoms with Crippen molar-refractivity contribution >= 4 is 12.2 Å². The molecule has 1 aromatic heterocycles. The summed E-state index contributed by atoms with van der Waals surface area (Å²) in [6.45, 7) is 4.15. The highest BCUT2D eigenvalue weighted by molar-refractivity contribution is 5.59. The molecule has 0 aliphatic heterocycles. The van der Waals surface area contributed by atoms with E-state index in [4.69, 9.17) is 4.42 Å². The minimum absolute atomic E-state index is 1.01. The van der Waals surface area contributed by atoms with Crippen molar-refractivity contribution < 1.29 is 4.42 Å². The van der Waals surface area contributed by atoms with Crippen LogP contribution < -0.4 is 0 Å². The van der Waals surface area contributed by atoms with Crippen LogP contribution in [0.5, 0.6) is 0 Å². The number of fused-ring (bicyclic) bond motifs is 1. The summed E-state index contributed by atoms with van der Waals surface area (Å²) in [5, 5.41) is 0. The molecule has 1 heterocycles. The Labute approximate surface area is 78.8 Å². The highest BCUT2D eigenvalue weighted by Crippen LogP contribution is 2.28. The van der Waals surface area contributed by atoms with Crippen LogP contribution in [-0.2, 0) is 6.42 Å². The van der Waals surface area contributed by atoms with Gasteiger partial charge < -0.3 is 4.42 Å². The van der Waals surface area contributed by atoms with Gasteiger partial charge in [-0.05, 0) is 44.4 Å². The maximum Gasteiger partial charge on any atom is 0.130 e. The van der Waals surface area contributed by atoms with Crippen molar-refractivity contribution in [1.82, 2.24) is 0 Å². The van der Waals surface area contributed by atoms with Gasteiger partial charge in [0.2, 0.25) is 0 Å². The number of allylic oxidation sites excluding steroid dienone is 2. The molecule has 68 valence electrons. The molecule has 0 atom stereocenters. The Hall–Kier alpha value is -1.24. The Morgan fingerprint density at radius 3 is 3.00 bits per heavy atom. The third kappa shape index (κ3) is 1.35. The van der Waals surface area contributed by atoms with Gasteiger partial charge >= 0.3 is 0 Å². The van der Waals surface area contributed by atoms with Crippen LogP contribution in [0.3, 0.4) is 0 Å². The third-order valence-corrected chi connectivity index (χ3v) is 2.49. The highest BCUT2D eigenvalue weighted by Gasteiger charge is 2.14. The van der Waals surface area contributed by atoms with Crippen molar-refractivity contribution in [2.75, 3.05) is 0 Å². The summed E-state index contributed by atoms with van der Waals surface area (Å²) in [6.07, 6.45) is 10.6. The lowest BCUT2D eigenvalue weighted by atomic mass is 10.0. The van der Waals surface area contributed by atoms with E-state index in [0.717, 1.165) is 24.4 Å². The molecule has 1 aliphatic rings. The van der Waals surface area contributed by atoms with E-state index in [9.17, 15) is 0 Å². The predicted molar refractivity (Wildman–Crippen MR) is 55.5 cm³/mol. The number of rotatable bonds is 1. The summed E-state index contributed by atoms with van der Waals surface area (Å²) >= 11 is 0. The van der Waals surface area contributed by atoms with E-state index in [-0.39, 0.29) is 0 Å². The Morgan fingerprint density at radius 1 is 1.46 bits per heavy atom. The van der Waals surface area contributed by atoms with E-state index in [1.54, 1.807) is 0 Å². The van der Waals surface area contributed by atoms with Crippen molar-refractivity contribution in [1.29, 1.82) is 0 Å². The van der Waals surface area contributed by atoms with Crippen LogP contribution in [0, 0.1) is 6.92 Å². The maximum absolute atomic E-state index is 5.70. The summed E-state index contributed by atoms with van der Waals surface area (Å²) in [7, 11) is 0. The molecular formula is C12H14O. The van der Waals surface area contributed by atoms with Crippen molar-refractivity contribution in [2.24, 2.45) is 0 Å². The first-order chi connectivity index (χ1) is 6.33. The van der Waals surface area contributed by atoms with E-state index in [1.807, 2.05) is 19.1 Å². The molecule has 0 saturated carbocycles. The molecule has 0 amide bonds. The first kappa shape index (κ1) is 8.36. The molecule has 1 aliphatic carbocycles. The van der Waals surface area contributed by atoms with Crippen molar-refractivity contribution in [3.8, 4) is 0 Å². The molecule has 0 spiro atoms.